The highest BCUT2D eigenvalue weighted by molar-refractivity contribution is 4.98. The molecule has 0 spiro atoms. The highest BCUT2D eigenvalue weighted by Crippen LogP contribution is 2.38. The normalized spacial score (nSPS) is 19.8. The smallest absolute Gasteiger partial charge is 0.326 e. The predicted octanol–water partition coefficient (Wildman–Crippen LogP) is 0.702. The van der Waals surface area contributed by atoms with Gasteiger partial charge in [0.05, 0.1) is 12.1 Å². The first-order valence-electron chi connectivity index (χ1n) is 4.54. The molecule has 0 radical (unpaired) electrons. The molecule has 2 rings (SSSR count). The summed E-state index contributed by atoms with van der Waals surface area (Å²) in [5.41, 5.74) is -0.0944. The molecule has 1 aliphatic rings. The monoisotopic (exact) mass is 182 g/mol. The molecule has 1 saturated carbocycles. The minimum atomic E-state index is -0.0637. The van der Waals surface area contributed by atoms with Crippen LogP contribution in [0.4, 0.5) is 0 Å². The maximum Gasteiger partial charge on any atom is 0.326 e. The first kappa shape index (κ1) is 8.56. The van der Waals surface area contributed by atoms with Gasteiger partial charge in [-0.1, -0.05) is 0 Å². The lowest BCUT2D eigenvalue weighted by atomic mass is 9.77. The lowest BCUT2D eigenvalue weighted by Crippen LogP contribution is -2.48. The zero-order valence-electron chi connectivity index (χ0n) is 7.75. The number of rotatable bonds is 3. The van der Waals surface area contributed by atoms with Gasteiger partial charge < -0.3 is 9.72 Å². The van der Waals surface area contributed by atoms with Gasteiger partial charge in [0.25, 0.3) is 0 Å². The molecule has 0 saturated heterocycles. The van der Waals surface area contributed by atoms with Crippen LogP contribution < -0.4 is 5.69 Å². The van der Waals surface area contributed by atoms with Crippen LogP contribution in [0.1, 0.15) is 19.3 Å². The summed E-state index contributed by atoms with van der Waals surface area (Å²) in [6, 6.07) is 0. The Kier molecular flexibility index (Phi) is 2.00. The molecule has 0 aliphatic heterocycles. The Hall–Kier alpha value is -1.03. The van der Waals surface area contributed by atoms with E-state index >= 15 is 0 Å². The summed E-state index contributed by atoms with van der Waals surface area (Å²) in [7, 11) is 1.68. The second-order valence-electron chi connectivity index (χ2n) is 3.65. The van der Waals surface area contributed by atoms with E-state index in [1.807, 2.05) is 0 Å². The summed E-state index contributed by atoms with van der Waals surface area (Å²) in [5, 5.41) is 0. The molecule has 1 aliphatic carbocycles. The van der Waals surface area contributed by atoms with Gasteiger partial charge in [0.15, 0.2) is 0 Å². The molecule has 1 aromatic rings. The van der Waals surface area contributed by atoms with Gasteiger partial charge in [0, 0.05) is 19.5 Å². The number of imidazole rings is 1. The molecular weight excluding hydrogens is 168 g/mol. The van der Waals surface area contributed by atoms with Gasteiger partial charge in [0.1, 0.15) is 0 Å². The SMILES string of the molecule is COCC1(n2cc[nH]c2=O)CCC1. The average molecular weight is 182 g/mol. The van der Waals surface area contributed by atoms with Gasteiger partial charge in [-0.25, -0.2) is 4.79 Å². The van der Waals surface area contributed by atoms with Crippen LogP contribution in [0.5, 0.6) is 0 Å². The van der Waals surface area contributed by atoms with E-state index in [2.05, 4.69) is 4.98 Å². The summed E-state index contributed by atoms with van der Waals surface area (Å²) in [6.07, 6.45) is 6.75. The number of aromatic nitrogens is 2. The van der Waals surface area contributed by atoms with Crippen molar-refractivity contribution in [3.8, 4) is 0 Å². The summed E-state index contributed by atoms with van der Waals surface area (Å²) in [6.45, 7) is 0.630. The van der Waals surface area contributed by atoms with Crippen LogP contribution in [0.15, 0.2) is 17.2 Å². The van der Waals surface area contributed by atoms with Crippen LogP contribution in [0.2, 0.25) is 0 Å². The van der Waals surface area contributed by atoms with Crippen LogP contribution in [0.25, 0.3) is 0 Å². The Bertz CT molecular complexity index is 335. The molecule has 1 aromatic heterocycles. The third-order valence-electron chi connectivity index (χ3n) is 2.86. The number of nitrogens with zero attached hydrogens (tertiary/aromatic N) is 1. The number of nitrogens with one attached hydrogen (secondary N) is 1. The van der Waals surface area contributed by atoms with Gasteiger partial charge in [-0.3, -0.25) is 4.57 Å². The number of methoxy groups -OCH3 is 1. The standard InChI is InChI=1S/C9H14N2O2/c1-13-7-9(3-2-4-9)11-6-5-10-8(11)12/h5-6H,2-4,7H2,1H3,(H,10,12). The Morgan fingerprint density at radius 2 is 2.46 bits per heavy atom. The van der Waals surface area contributed by atoms with Gasteiger partial charge in [0.2, 0.25) is 0 Å². The van der Waals surface area contributed by atoms with Crippen LogP contribution in [-0.4, -0.2) is 23.3 Å². The second-order valence-corrected chi connectivity index (χ2v) is 3.65. The minimum absolute atomic E-state index is 0.0308. The van der Waals surface area contributed by atoms with Crippen LogP contribution in [0, 0.1) is 0 Å². The van der Waals surface area contributed by atoms with Crippen molar-refractivity contribution in [1.29, 1.82) is 0 Å². The Balaban J connectivity index is 2.31. The largest absolute Gasteiger partial charge is 0.382 e. The zero-order chi connectivity index (χ0) is 9.31. The highest BCUT2D eigenvalue weighted by Gasteiger charge is 2.39. The lowest BCUT2D eigenvalue weighted by Gasteiger charge is -2.41. The fourth-order valence-corrected chi connectivity index (χ4v) is 2.00. The summed E-state index contributed by atoms with van der Waals surface area (Å²) < 4.78 is 6.92. The first-order chi connectivity index (χ1) is 6.28. The second kappa shape index (κ2) is 3.03. The van der Waals surface area contributed by atoms with Crippen molar-refractivity contribution in [2.45, 2.75) is 24.8 Å². The summed E-state index contributed by atoms with van der Waals surface area (Å²) in [5.74, 6) is 0. The molecule has 1 N–H and O–H groups in total. The Morgan fingerprint density at radius 3 is 2.85 bits per heavy atom. The third kappa shape index (κ3) is 1.21. The van der Waals surface area contributed by atoms with E-state index in [1.165, 1.54) is 6.42 Å². The maximum absolute atomic E-state index is 11.4. The van der Waals surface area contributed by atoms with Gasteiger partial charge in [-0.05, 0) is 19.3 Å². The van der Waals surface area contributed by atoms with Crippen LogP contribution in [0.3, 0.4) is 0 Å². The third-order valence-corrected chi connectivity index (χ3v) is 2.86. The Morgan fingerprint density at radius 1 is 1.69 bits per heavy atom. The van der Waals surface area contributed by atoms with Crippen molar-refractivity contribution in [3.63, 3.8) is 0 Å². The van der Waals surface area contributed by atoms with Crippen molar-refractivity contribution in [2.75, 3.05) is 13.7 Å². The molecule has 0 amide bonds. The van der Waals surface area contributed by atoms with Crippen LogP contribution in [-0.2, 0) is 10.3 Å². The fourth-order valence-electron chi connectivity index (χ4n) is 2.00. The van der Waals surface area contributed by atoms with E-state index in [9.17, 15) is 4.79 Å². The number of ether oxygens (including phenoxy) is 1. The number of aromatic amines is 1. The van der Waals surface area contributed by atoms with Crippen molar-refractivity contribution in [1.82, 2.24) is 9.55 Å². The number of H-pyrrole nitrogens is 1. The molecule has 1 fully saturated rings. The van der Waals surface area contributed by atoms with E-state index in [0.29, 0.717) is 6.61 Å². The molecule has 72 valence electrons. The minimum Gasteiger partial charge on any atom is -0.382 e. The molecule has 0 unspecified atom stereocenters. The van der Waals surface area contributed by atoms with E-state index < -0.39 is 0 Å². The molecule has 4 nitrogen and oxygen atoms in total. The maximum atomic E-state index is 11.4. The molecular formula is C9H14N2O2. The van der Waals surface area contributed by atoms with Crippen molar-refractivity contribution in [2.24, 2.45) is 0 Å². The van der Waals surface area contributed by atoms with Crippen molar-refractivity contribution in [3.05, 3.63) is 22.9 Å². The van der Waals surface area contributed by atoms with Crippen LogP contribution >= 0.6 is 0 Å². The zero-order valence-corrected chi connectivity index (χ0v) is 7.75. The van der Waals surface area contributed by atoms with Crippen molar-refractivity contribution < 1.29 is 4.74 Å². The van der Waals surface area contributed by atoms with E-state index in [1.54, 1.807) is 24.1 Å². The van der Waals surface area contributed by atoms with Gasteiger partial charge >= 0.3 is 5.69 Å². The first-order valence-corrected chi connectivity index (χ1v) is 4.54. The topological polar surface area (TPSA) is 47.0 Å². The molecule has 0 bridgehead atoms. The van der Waals surface area contributed by atoms with Gasteiger partial charge in [-0.2, -0.15) is 0 Å². The quantitative estimate of drug-likeness (QED) is 0.748. The summed E-state index contributed by atoms with van der Waals surface area (Å²) >= 11 is 0. The molecule has 4 heteroatoms. The van der Waals surface area contributed by atoms with Gasteiger partial charge in [-0.15, -0.1) is 0 Å². The molecule has 0 aromatic carbocycles. The lowest BCUT2D eigenvalue weighted by molar-refractivity contribution is 0.0250. The van der Waals surface area contributed by atoms with E-state index in [4.69, 9.17) is 4.74 Å². The number of hydrogen-bond acceptors (Lipinski definition) is 2. The van der Waals surface area contributed by atoms with E-state index in [-0.39, 0.29) is 11.2 Å². The van der Waals surface area contributed by atoms with E-state index in [0.717, 1.165) is 12.8 Å². The summed E-state index contributed by atoms with van der Waals surface area (Å²) in [4.78, 5) is 14.0. The highest BCUT2D eigenvalue weighted by atomic mass is 16.5. The number of hydrogen-bond donors (Lipinski definition) is 1. The van der Waals surface area contributed by atoms with Crippen molar-refractivity contribution >= 4 is 0 Å². The molecule has 1 heterocycles. The predicted molar refractivity (Wildman–Crippen MR) is 48.8 cm³/mol. The fraction of sp³-hybridized carbons (Fsp3) is 0.667. The average Bonchev–Trinajstić information content (AvgIpc) is 2.44. The molecule has 0 atom stereocenters. The molecule has 13 heavy (non-hydrogen) atoms. The Labute approximate surface area is 76.5 Å².